The Morgan fingerprint density at radius 1 is 1.08 bits per heavy atom. The van der Waals surface area contributed by atoms with Gasteiger partial charge in [0.15, 0.2) is 0 Å². The fraction of sp³-hybridized carbons (Fsp3) is 0.871. The minimum Gasteiger partial charge on any atom is -0.478 e. The predicted octanol–water partition coefficient (Wildman–Crippen LogP) is 6.01. The Kier molecular flexibility index (Phi) is 8.45. The molecule has 0 aliphatic heterocycles. The van der Waals surface area contributed by atoms with Gasteiger partial charge in [-0.3, -0.25) is 9.59 Å². The number of rotatable bonds is 8. The summed E-state index contributed by atoms with van der Waals surface area (Å²) in [6.45, 7) is 11.7. The highest BCUT2D eigenvalue weighted by molar-refractivity contribution is 5.89. The van der Waals surface area contributed by atoms with E-state index in [1.54, 1.807) is 13.8 Å². The third-order valence-corrected chi connectivity index (χ3v) is 11.5. The maximum absolute atomic E-state index is 11.9. The van der Waals surface area contributed by atoms with Gasteiger partial charge in [0.25, 0.3) is 0 Å². The van der Waals surface area contributed by atoms with Crippen molar-refractivity contribution >= 4 is 23.6 Å². The van der Waals surface area contributed by atoms with Gasteiger partial charge in [-0.2, -0.15) is 0 Å². The van der Waals surface area contributed by atoms with Gasteiger partial charge in [0.1, 0.15) is 6.10 Å². The molecule has 39 heavy (non-hydrogen) atoms. The highest BCUT2D eigenvalue weighted by atomic mass is 16.7. The second-order valence-corrected chi connectivity index (χ2v) is 14.0. The predicted molar refractivity (Wildman–Crippen MR) is 147 cm³/mol. The summed E-state index contributed by atoms with van der Waals surface area (Å²) in [6, 6.07) is 0. The Hall–Kier alpha value is -2.12. The monoisotopic (exact) mass is 547 g/mol. The lowest BCUT2D eigenvalue weighted by atomic mass is 9.44. The molecule has 8 heteroatoms. The largest absolute Gasteiger partial charge is 0.478 e. The lowest BCUT2D eigenvalue weighted by Crippen LogP contribution is -2.57. The fourth-order valence-electron chi connectivity index (χ4n) is 9.19. The van der Waals surface area contributed by atoms with Crippen LogP contribution in [0.1, 0.15) is 106 Å². The van der Waals surface area contributed by atoms with E-state index in [0.29, 0.717) is 36.0 Å². The van der Waals surface area contributed by atoms with E-state index in [0.717, 1.165) is 63.5 Å². The third-order valence-electron chi connectivity index (χ3n) is 11.5. The zero-order valence-corrected chi connectivity index (χ0v) is 25.0. The molecule has 4 saturated carbocycles. The van der Waals surface area contributed by atoms with Gasteiger partial charge in [-0.1, -0.05) is 25.9 Å². The lowest BCUT2D eigenvalue weighted by molar-refractivity contribution is -0.161. The number of fused-ring (bicyclic) bond motifs is 5. The Morgan fingerprint density at radius 3 is 2.38 bits per heavy atom. The van der Waals surface area contributed by atoms with Crippen molar-refractivity contribution in [1.82, 2.24) is 0 Å². The Balaban J connectivity index is 1.64. The highest BCUT2D eigenvalue weighted by Gasteiger charge is 2.62. The van der Waals surface area contributed by atoms with Crippen LogP contribution in [0, 0.1) is 46.3 Å². The molecule has 0 spiro atoms. The first kappa shape index (κ1) is 29.9. The quantitative estimate of drug-likeness (QED) is 0.292. The number of hydrogen-bond donors (Lipinski definition) is 1. The van der Waals surface area contributed by atoms with Crippen LogP contribution in [0.4, 0.5) is 0 Å². The summed E-state index contributed by atoms with van der Waals surface area (Å²) in [5.74, 6) is 0.974. The Labute approximate surface area is 233 Å². The molecule has 0 bridgehead atoms. The maximum Gasteiger partial charge on any atom is 0.350 e. The smallest absolute Gasteiger partial charge is 0.350 e. The molecule has 9 atom stereocenters. The minimum absolute atomic E-state index is 0.0740. The van der Waals surface area contributed by atoms with Crippen molar-refractivity contribution in [2.45, 2.75) is 117 Å². The van der Waals surface area contributed by atoms with E-state index in [2.05, 4.69) is 25.9 Å². The number of carbonyl (C=O) groups is 3. The number of carboxylic acid groups (broad SMARTS) is 1. The maximum atomic E-state index is 11.9. The molecule has 0 aromatic rings. The molecule has 4 aliphatic carbocycles. The average Bonchev–Trinajstić information content (AvgIpc) is 3.22. The van der Waals surface area contributed by atoms with E-state index in [4.69, 9.17) is 14.3 Å². The molecule has 0 unspecified atom stereocenters. The molecular formula is C31H49NO7. The van der Waals surface area contributed by atoms with Crippen molar-refractivity contribution in [2.75, 3.05) is 7.11 Å². The number of hydrogen-bond acceptors (Lipinski definition) is 7. The lowest BCUT2D eigenvalue weighted by Gasteiger charge is -2.61. The van der Waals surface area contributed by atoms with Gasteiger partial charge >= 0.3 is 17.9 Å². The van der Waals surface area contributed by atoms with Crippen LogP contribution >= 0.6 is 0 Å². The van der Waals surface area contributed by atoms with Crippen LogP contribution in [0.25, 0.3) is 0 Å². The number of aliphatic carboxylic acids is 1. The van der Waals surface area contributed by atoms with E-state index in [1.807, 2.05) is 0 Å². The zero-order chi connectivity index (χ0) is 28.8. The minimum atomic E-state index is -1.41. The number of methoxy groups -OCH3 is 1. The van der Waals surface area contributed by atoms with Crippen LogP contribution in [0.15, 0.2) is 5.16 Å². The number of ether oxygens (including phenoxy) is 2. The first-order valence-electron chi connectivity index (χ1n) is 14.9. The summed E-state index contributed by atoms with van der Waals surface area (Å²) in [6.07, 6.45) is 9.19. The van der Waals surface area contributed by atoms with Gasteiger partial charge in [-0.15, -0.1) is 0 Å². The molecule has 8 nitrogen and oxygen atoms in total. The van der Waals surface area contributed by atoms with Gasteiger partial charge in [-0.25, -0.2) is 4.79 Å². The van der Waals surface area contributed by atoms with Gasteiger partial charge in [0.2, 0.25) is 5.60 Å². The zero-order valence-electron chi connectivity index (χ0n) is 25.0. The molecule has 1 N–H and O–H groups in total. The van der Waals surface area contributed by atoms with Crippen molar-refractivity contribution in [3.63, 3.8) is 0 Å². The van der Waals surface area contributed by atoms with E-state index in [-0.39, 0.29) is 34.8 Å². The van der Waals surface area contributed by atoms with E-state index in [1.165, 1.54) is 14.0 Å². The van der Waals surface area contributed by atoms with Crippen LogP contribution in [0.3, 0.4) is 0 Å². The van der Waals surface area contributed by atoms with Crippen molar-refractivity contribution in [2.24, 2.45) is 51.5 Å². The second-order valence-electron chi connectivity index (χ2n) is 14.0. The van der Waals surface area contributed by atoms with E-state index in [9.17, 15) is 19.5 Å². The number of esters is 2. The molecule has 0 radical (unpaired) electrons. The molecular weight excluding hydrogens is 498 g/mol. The average molecular weight is 548 g/mol. The van der Waals surface area contributed by atoms with Crippen LogP contribution in [0.2, 0.25) is 0 Å². The fourth-order valence-corrected chi connectivity index (χ4v) is 9.19. The summed E-state index contributed by atoms with van der Waals surface area (Å²) < 4.78 is 10.6. The van der Waals surface area contributed by atoms with Crippen molar-refractivity contribution in [3.05, 3.63) is 0 Å². The first-order chi connectivity index (χ1) is 18.2. The summed E-state index contributed by atoms with van der Waals surface area (Å²) in [5.41, 5.74) is -0.149. The summed E-state index contributed by atoms with van der Waals surface area (Å²) in [5, 5.41) is 14.3. The number of carbonyl (C=O) groups excluding carboxylic acids is 2. The van der Waals surface area contributed by atoms with Crippen molar-refractivity contribution in [3.8, 4) is 0 Å². The van der Waals surface area contributed by atoms with E-state index < -0.39 is 11.6 Å². The van der Waals surface area contributed by atoms with Crippen LogP contribution in [-0.2, 0) is 28.7 Å². The topological polar surface area (TPSA) is 111 Å². The highest BCUT2D eigenvalue weighted by Crippen LogP contribution is 2.68. The SMILES string of the molecule is COC(=O)CC[C@@H](C)[C@H]1CC[C@H]2[C@@H]3/C(=N\OC(C)(C)C(=O)O)C[C@@H]4C[C@H](OC(C)=O)CC[C@]4(C)[C@H]3CC[C@]12C. The van der Waals surface area contributed by atoms with Gasteiger partial charge in [0, 0.05) is 19.3 Å². The molecule has 0 saturated heterocycles. The molecule has 0 amide bonds. The molecule has 0 aromatic carbocycles. The molecule has 0 heterocycles. The van der Waals surface area contributed by atoms with Crippen LogP contribution in [-0.4, -0.2) is 47.5 Å². The summed E-state index contributed by atoms with van der Waals surface area (Å²) >= 11 is 0. The summed E-state index contributed by atoms with van der Waals surface area (Å²) in [7, 11) is 1.45. The molecule has 4 rings (SSSR count). The van der Waals surface area contributed by atoms with Gasteiger partial charge in [0.05, 0.1) is 12.8 Å². The number of nitrogens with zero attached hydrogens (tertiary/aromatic N) is 1. The second kappa shape index (κ2) is 11.0. The van der Waals surface area contributed by atoms with Crippen molar-refractivity contribution in [1.29, 1.82) is 0 Å². The van der Waals surface area contributed by atoms with E-state index >= 15 is 0 Å². The molecule has 4 aliphatic rings. The number of carboxylic acids is 1. The van der Waals surface area contributed by atoms with Crippen LogP contribution in [0.5, 0.6) is 0 Å². The number of oxime groups is 1. The standard InChI is InChI=1S/C31H49NO7/c1-18(8-11-26(34)37-7)22-9-10-23-27-24(13-15-31(22,23)6)30(5)14-12-21(38-19(2)33)16-20(30)17-25(27)32-39-29(3,4)28(35)36/h18,20-24,27H,8-17H2,1-7H3,(H,35,36)/b32-25-/t18-,20+,21-,22-,23+,24+,27+,30+,31-/m1/s1. The Morgan fingerprint density at radius 2 is 1.74 bits per heavy atom. The molecule has 0 aromatic heterocycles. The van der Waals surface area contributed by atoms with Crippen LogP contribution < -0.4 is 0 Å². The van der Waals surface area contributed by atoms with Gasteiger partial charge < -0.3 is 19.4 Å². The molecule has 220 valence electrons. The van der Waals surface area contributed by atoms with Gasteiger partial charge in [-0.05, 0) is 112 Å². The third kappa shape index (κ3) is 5.58. The Bertz CT molecular complexity index is 991. The first-order valence-corrected chi connectivity index (χ1v) is 14.9. The summed E-state index contributed by atoms with van der Waals surface area (Å²) in [4.78, 5) is 41.2. The molecule has 4 fully saturated rings. The normalized spacial score (nSPS) is 39.6. The van der Waals surface area contributed by atoms with Crippen molar-refractivity contribution < 1.29 is 33.8 Å².